The Labute approximate surface area is 165 Å². The fraction of sp³-hybridized carbons (Fsp3) is 0.200. The molecule has 0 aliphatic rings. The lowest BCUT2D eigenvalue weighted by Gasteiger charge is -2.10. The van der Waals surface area contributed by atoms with Crippen molar-refractivity contribution >= 4 is 17.3 Å². The predicted molar refractivity (Wildman–Crippen MR) is 104 cm³/mol. The molecule has 3 aromatic heterocycles. The first kappa shape index (κ1) is 18.1. The van der Waals surface area contributed by atoms with Gasteiger partial charge in [-0.05, 0) is 44.4 Å². The molecule has 0 radical (unpaired) electrons. The van der Waals surface area contributed by atoms with Crippen LogP contribution in [0.1, 0.15) is 40.7 Å². The molecule has 142 valence electrons. The molecule has 0 saturated carbocycles. The average molecular weight is 394 g/mol. The summed E-state index contributed by atoms with van der Waals surface area (Å²) in [4.78, 5) is 13.7. The maximum atomic E-state index is 12.8. The van der Waals surface area contributed by atoms with Crippen LogP contribution in [0.4, 0.5) is 0 Å². The van der Waals surface area contributed by atoms with Crippen molar-refractivity contribution < 1.29 is 13.9 Å². The van der Waals surface area contributed by atoms with Gasteiger partial charge in [-0.25, -0.2) is 9.48 Å². The number of aryl methyl sites for hydroxylation is 1. The van der Waals surface area contributed by atoms with Gasteiger partial charge in [0.15, 0.2) is 6.10 Å². The number of benzene rings is 1. The van der Waals surface area contributed by atoms with Gasteiger partial charge in [-0.15, -0.1) is 21.5 Å². The summed E-state index contributed by atoms with van der Waals surface area (Å²) in [5, 5.41) is 14.4. The summed E-state index contributed by atoms with van der Waals surface area (Å²) < 4.78 is 13.0. The highest BCUT2D eigenvalue weighted by Gasteiger charge is 2.25. The van der Waals surface area contributed by atoms with Gasteiger partial charge in [0.25, 0.3) is 11.8 Å². The molecule has 0 bridgehead atoms. The summed E-state index contributed by atoms with van der Waals surface area (Å²) in [6.07, 6.45) is -0.674. The lowest BCUT2D eigenvalue weighted by molar-refractivity contribution is 0.0278. The summed E-state index contributed by atoms with van der Waals surface area (Å²) in [5.41, 5.74) is 2.63. The van der Waals surface area contributed by atoms with E-state index < -0.39 is 12.1 Å². The first-order valence-corrected chi connectivity index (χ1v) is 9.62. The van der Waals surface area contributed by atoms with E-state index in [2.05, 4.69) is 15.3 Å². The Kier molecular flexibility index (Phi) is 4.79. The van der Waals surface area contributed by atoms with E-state index in [1.807, 2.05) is 54.8 Å². The van der Waals surface area contributed by atoms with E-state index in [9.17, 15) is 4.79 Å². The smallest absolute Gasteiger partial charge is 0.342 e. The number of para-hydroxylation sites is 1. The molecule has 0 saturated heterocycles. The third-order valence-electron chi connectivity index (χ3n) is 4.30. The summed E-state index contributed by atoms with van der Waals surface area (Å²) in [6.45, 7) is 5.33. The lowest BCUT2D eigenvalue weighted by Crippen LogP contribution is -2.11. The van der Waals surface area contributed by atoms with Crippen LogP contribution in [0.15, 0.2) is 52.3 Å². The van der Waals surface area contributed by atoms with Crippen LogP contribution in [0, 0.1) is 13.8 Å². The van der Waals surface area contributed by atoms with Crippen molar-refractivity contribution in [3.05, 3.63) is 70.7 Å². The monoisotopic (exact) mass is 394 g/mol. The summed E-state index contributed by atoms with van der Waals surface area (Å²) in [6, 6.07) is 13.4. The second kappa shape index (κ2) is 7.40. The quantitative estimate of drug-likeness (QED) is 0.463. The third-order valence-corrected chi connectivity index (χ3v) is 5.16. The van der Waals surface area contributed by atoms with E-state index >= 15 is 0 Å². The molecule has 0 fully saturated rings. The minimum Gasteiger partial charge on any atom is -0.449 e. The van der Waals surface area contributed by atoms with Crippen LogP contribution in [-0.2, 0) is 4.74 Å². The highest BCUT2D eigenvalue weighted by Crippen LogP contribution is 2.27. The number of carbonyl (C=O) groups excluding carboxylic acids is 1. The van der Waals surface area contributed by atoms with E-state index in [0.29, 0.717) is 22.8 Å². The molecule has 4 aromatic rings. The molecule has 1 atom stereocenters. The van der Waals surface area contributed by atoms with Gasteiger partial charge in [0, 0.05) is 0 Å². The second-order valence-corrected chi connectivity index (χ2v) is 7.21. The molecule has 8 heteroatoms. The van der Waals surface area contributed by atoms with E-state index in [-0.39, 0.29) is 5.89 Å². The fourth-order valence-corrected chi connectivity index (χ4v) is 3.57. The average Bonchev–Trinajstić information content (AvgIpc) is 3.42. The molecule has 28 heavy (non-hydrogen) atoms. The summed E-state index contributed by atoms with van der Waals surface area (Å²) >= 11 is 1.50. The van der Waals surface area contributed by atoms with Crippen LogP contribution >= 0.6 is 11.3 Å². The van der Waals surface area contributed by atoms with Crippen molar-refractivity contribution in [1.82, 2.24) is 20.0 Å². The molecule has 3 heterocycles. The number of hydrogen-bond donors (Lipinski definition) is 0. The predicted octanol–water partition coefficient (Wildman–Crippen LogP) is 4.52. The van der Waals surface area contributed by atoms with Crippen LogP contribution in [0.5, 0.6) is 0 Å². The highest BCUT2D eigenvalue weighted by molar-refractivity contribution is 7.13. The molecular formula is C20H18N4O3S. The maximum absolute atomic E-state index is 12.8. The molecule has 4 rings (SSSR count). The van der Waals surface area contributed by atoms with E-state index in [1.54, 1.807) is 18.5 Å². The molecular weight excluding hydrogens is 376 g/mol. The molecule has 0 aliphatic heterocycles. The topological polar surface area (TPSA) is 83.0 Å². The lowest BCUT2D eigenvalue weighted by atomic mass is 10.2. The molecule has 0 N–H and O–H groups in total. The van der Waals surface area contributed by atoms with Gasteiger partial charge in [-0.1, -0.05) is 24.3 Å². The number of thiophene rings is 1. The standard InChI is InChI=1S/C20H18N4O3S/c1-12-17(13(2)24(23-12)15-8-5-4-6-9-15)20(25)26-14(3)18-21-22-19(27-18)16-10-7-11-28-16/h4-11,14H,1-3H3/t14-/m1/s1. The Hall–Kier alpha value is -3.26. The van der Waals surface area contributed by atoms with Crippen molar-refractivity contribution in [2.24, 2.45) is 0 Å². The van der Waals surface area contributed by atoms with Crippen molar-refractivity contribution in [3.8, 4) is 16.5 Å². The van der Waals surface area contributed by atoms with E-state index in [0.717, 1.165) is 10.6 Å². The van der Waals surface area contributed by atoms with Gasteiger partial charge < -0.3 is 9.15 Å². The second-order valence-electron chi connectivity index (χ2n) is 6.26. The number of rotatable bonds is 5. The SMILES string of the molecule is Cc1nn(-c2ccccc2)c(C)c1C(=O)O[C@H](C)c1nnc(-c2cccs2)o1. The third kappa shape index (κ3) is 3.34. The van der Waals surface area contributed by atoms with E-state index in [4.69, 9.17) is 9.15 Å². The molecule has 7 nitrogen and oxygen atoms in total. The van der Waals surface area contributed by atoms with Gasteiger partial charge in [0.1, 0.15) is 5.56 Å². The highest BCUT2D eigenvalue weighted by atomic mass is 32.1. The van der Waals surface area contributed by atoms with Gasteiger partial charge in [0.05, 0.1) is 22.0 Å². The van der Waals surface area contributed by atoms with Crippen LogP contribution in [-0.4, -0.2) is 25.9 Å². The zero-order chi connectivity index (χ0) is 19.7. The zero-order valence-electron chi connectivity index (χ0n) is 15.6. The minimum absolute atomic E-state index is 0.252. The zero-order valence-corrected chi connectivity index (χ0v) is 16.4. The Morgan fingerprint density at radius 1 is 1.14 bits per heavy atom. The van der Waals surface area contributed by atoms with Crippen molar-refractivity contribution in [2.45, 2.75) is 26.9 Å². The number of carbonyl (C=O) groups is 1. The molecule has 0 spiro atoms. The Morgan fingerprint density at radius 3 is 2.64 bits per heavy atom. The van der Waals surface area contributed by atoms with E-state index in [1.165, 1.54) is 11.3 Å². The Morgan fingerprint density at radius 2 is 1.93 bits per heavy atom. The first-order chi connectivity index (χ1) is 13.5. The maximum Gasteiger partial charge on any atom is 0.342 e. The molecule has 1 aromatic carbocycles. The number of nitrogens with zero attached hydrogens (tertiary/aromatic N) is 4. The minimum atomic E-state index is -0.674. The first-order valence-electron chi connectivity index (χ1n) is 8.74. The number of ether oxygens (including phenoxy) is 1. The Balaban J connectivity index is 1.55. The molecule has 0 aliphatic carbocycles. The van der Waals surface area contributed by atoms with Gasteiger partial charge in [-0.2, -0.15) is 5.10 Å². The van der Waals surface area contributed by atoms with Crippen molar-refractivity contribution in [1.29, 1.82) is 0 Å². The number of esters is 1. The van der Waals surface area contributed by atoms with Gasteiger partial charge in [-0.3, -0.25) is 0 Å². The fourth-order valence-electron chi connectivity index (χ4n) is 2.93. The van der Waals surface area contributed by atoms with Crippen molar-refractivity contribution in [3.63, 3.8) is 0 Å². The largest absolute Gasteiger partial charge is 0.449 e. The Bertz CT molecular complexity index is 1100. The van der Waals surface area contributed by atoms with Crippen LogP contribution in [0.2, 0.25) is 0 Å². The summed E-state index contributed by atoms with van der Waals surface area (Å²) in [5.74, 6) is 0.195. The molecule has 0 amide bonds. The van der Waals surface area contributed by atoms with Crippen LogP contribution < -0.4 is 0 Å². The van der Waals surface area contributed by atoms with Gasteiger partial charge >= 0.3 is 5.97 Å². The molecule has 0 unspecified atom stereocenters. The van der Waals surface area contributed by atoms with Crippen LogP contribution in [0.3, 0.4) is 0 Å². The normalized spacial score (nSPS) is 12.1. The van der Waals surface area contributed by atoms with Gasteiger partial charge in [0.2, 0.25) is 0 Å². The summed E-state index contributed by atoms with van der Waals surface area (Å²) in [7, 11) is 0. The van der Waals surface area contributed by atoms with Crippen LogP contribution in [0.25, 0.3) is 16.5 Å². The number of aromatic nitrogens is 4. The number of hydrogen-bond acceptors (Lipinski definition) is 7. The van der Waals surface area contributed by atoms with Crippen molar-refractivity contribution in [2.75, 3.05) is 0 Å².